The van der Waals surface area contributed by atoms with Gasteiger partial charge >= 0.3 is 12.1 Å². The molecule has 1 fully saturated rings. The first-order valence-electron chi connectivity index (χ1n) is 11.2. The first-order chi connectivity index (χ1) is 15.6. The summed E-state index contributed by atoms with van der Waals surface area (Å²) in [6.07, 6.45) is 4.20. The standard InChI is InChI=1S/C23H32N4O5S/c1-15-4-8-19(9-5-15)25-22(29)26-33(31,32)20-10-6-18(7-11-20)12-13-24-23(30)27-14-16(2)17(3)21(27)28/h6-7,10-11,15,19H,4-5,8-9,12-14H2,1-3H3,(H,24,30)(H2,25,26,29). The van der Waals surface area contributed by atoms with E-state index in [2.05, 4.69) is 22.3 Å². The zero-order valence-corrected chi connectivity index (χ0v) is 20.1. The smallest absolute Gasteiger partial charge is 0.328 e. The van der Waals surface area contributed by atoms with Crippen LogP contribution in [0, 0.1) is 5.92 Å². The summed E-state index contributed by atoms with van der Waals surface area (Å²) in [5.41, 5.74) is 2.29. The van der Waals surface area contributed by atoms with Gasteiger partial charge in [-0.1, -0.05) is 19.1 Å². The Kier molecular flexibility index (Phi) is 7.78. The molecule has 1 aliphatic carbocycles. The zero-order valence-electron chi connectivity index (χ0n) is 19.3. The number of urea groups is 2. The summed E-state index contributed by atoms with van der Waals surface area (Å²) in [4.78, 5) is 37.6. The Morgan fingerprint density at radius 1 is 1.06 bits per heavy atom. The number of hydrogen-bond acceptors (Lipinski definition) is 5. The Balaban J connectivity index is 1.46. The molecule has 0 atom stereocenters. The average molecular weight is 477 g/mol. The van der Waals surface area contributed by atoms with Crippen LogP contribution in [0.3, 0.4) is 0 Å². The van der Waals surface area contributed by atoms with Crippen LogP contribution in [0.2, 0.25) is 0 Å². The highest BCUT2D eigenvalue weighted by atomic mass is 32.2. The second-order valence-electron chi connectivity index (χ2n) is 8.96. The summed E-state index contributed by atoms with van der Waals surface area (Å²) in [5, 5.41) is 5.46. The lowest BCUT2D eigenvalue weighted by Crippen LogP contribution is -2.45. The number of carbonyl (C=O) groups is 3. The lowest BCUT2D eigenvalue weighted by atomic mass is 9.87. The molecule has 0 spiro atoms. The van der Waals surface area contributed by atoms with Crippen molar-refractivity contribution in [1.29, 1.82) is 0 Å². The van der Waals surface area contributed by atoms with Crippen molar-refractivity contribution >= 4 is 28.0 Å². The van der Waals surface area contributed by atoms with Crippen LogP contribution in [0.15, 0.2) is 40.3 Å². The maximum Gasteiger partial charge on any atom is 0.328 e. The zero-order chi connectivity index (χ0) is 24.2. The quantitative estimate of drug-likeness (QED) is 0.582. The van der Waals surface area contributed by atoms with Crippen LogP contribution in [0.1, 0.15) is 52.0 Å². The molecule has 1 aromatic carbocycles. The van der Waals surface area contributed by atoms with E-state index in [-0.39, 0.29) is 16.8 Å². The number of carbonyl (C=O) groups excluding carboxylic acids is 3. The molecule has 1 aliphatic heterocycles. The molecule has 1 aromatic rings. The molecular weight excluding hydrogens is 444 g/mol. The van der Waals surface area contributed by atoms with Gasteiger partial charge < -0.3 is 10.6 Å². The summed E-state index contributed by atoms with van der Waals surface area (Å²) >= 11 is 0. The van der Waals surface area contributed by atoms with E-state index in [1.165, 1.54) is 17.0 Å². The van der Waals surface area contributed by atoms with E-state index in [0.29, 0.717) is 31.0 Å². The van der Waals surface area contributed by atoms with Crippen molar-refractivity contribution in [3.05, 3.63) is 41.0 Å². The van der Waals surface area contributed by atoms with Gasteiger partial charge in [-0.25, -0.2) is 22.7 Å². The van der Waals surface area contributed by atoms with Crippen molar-refractivity contribution in [3.63, 3.8) is 0 Å². The molecule has 9 nitrogen and oxygen atoms in total. The molecule has 0 bridgehead atoms. The third-order valence-corrected chi connectivity index (χ3v) is 7.70. The molecular formula is C23H32N4O5S. The SMILES string of the molecule is CC1=C(C)C(=O)N(C(=O)NCCc2ccc(S(=O)(=O)NC(=O)NC3CCC(C)CC3)cc2)C1. The topological polar surface area (TPSA) is 125 Å². The van der Waals surface area contributed by atoms with E-state index in [1.54, 1.807) is 19.1 Å². The first-order valence-corrected chi connectivity index (χ1v) is 12.7. The lowest BCUT2D eigenvalue weighted by Gasteiger charge is -2.26. The fourth-order valence-corrected chi connectivity index (χ4v) is 4.94. The van der Waals surface area contributed by atoms with Crippen molar-refractivity contribution in [3.8, 4) is 0 Å². The van der Waals surface area contributed by atoms with Gasteiger partial charge in [-0.3, -0.25) is 9.69 Å². The molecule has 0 saturated heterocycles. The minimum Gasteiger partial charge on any atom is -0.337 e. The minimum absolute atomic E-state index is 0.00606. The highest BCUT2D eigenvalue weighted by Gasteiger charge is 2.29. The molecule has 3 rings (SSSR count). The van der Waals surface area contributed by atoms with Crippen molar-refractivity contribution in [1.82, 2.24) is 20.3 Å². The Hall–Kier alpha value is -2.88. The highest BCUT2D eigenvalue weighted by Crippen LogP contribution is 2.23. The van der Waals surface area contributed by atoms with Crippen LogP contribution in [0.4, 0.5) is 9.59 Å². The first kappa shape index (κ1) is 24.8. The number of imide groups is 1. The minimum atomic E-state index is -3.98. The van der Waals surface area contributed by atoms with Gasteiger partial charge in [0.2, 0.25) is 0 Å². The van der Waals surface area contributed by atoms with E-state index >= 15 is 0 Å². The largest absolute Gasteiger partial charge is 0.337 e. The van der Waals surface area contributed by atoms with Gasteiger partial charge in [0.15, 0.2) is 0 Å². The van der Waals surface area contributed by atoms with Crippen LogP contribution in [0.5, 0.6) is 0 Å². The monoisotopic (exact) mass is 476 g/mol. The fourth-order valence-electron chi connectivity index (χ4n) is 4.02. The summed E-state index contributed by atoms with van der Waals surface area (Å²) in [7, 11) is -3.98. The maximum atomic E-state index is 12.5. The predicted molar refractivity (Wildman–Crippen MR) is 124 cm³/mol. The molecule has 3 N–H and O–H groups in total. The number of nitrogens with zero attached hydrogens (tertiary/aromatic N) is 1. The number of rotatable bonds is 6. The Bertz CT molecular complexity index is 1040. The number of hydrogen-bond donors (Lipinski definition) is 3. The van der Waals surface area contributed by atoms with Crippen LogP contribution in [0.25, 0.3) is 0 Å². The summed E-state index contributed by atoms with van der Waals surface area (Å²) < 4.78 is 27.1. The lowest BCUT2D eigenvalue weighted by molar-refractivity contribution is -0.122. The van der Waals surface area contributed by atoms with Crippen molar-refractivity contribution in [2.24, 2.45) is 5.92 Å². The van der Waals surface area contributed by atoms with E-state index in [9.17, 15) is 22.8 Å². The van der Waals surface area contributed by atoms with Crippen LogP contribution in [-0.4, -0.2) is 50.4 Å². The van der Waals surface area contributed by atoms with Gasteiger partial charge in [-0.15, -0.1) is 0 Å². The Morgan fingerprint density at radius 3 is 2.27 bits per heavy atom. The molecule has 0 radical (unpaired) electrons. The van der Waals surface area contributed by atoms with Crippen LogP contribution < -0.4 is 15.4 Å². The molecule has 2 aliphatic rings. The summed E-state index contributed by atoms with van der Waals surface area (Å²) in [6, 6.07) is 4.96. The van der Waals surface area contributed by atoms with Gasteiger partial charge in [0, 0.05) is 18.2 Å². The van der Waals surface area contributed by atoms with Gasteiger partial charge in [0.05, 0.1) is 11.4 Å². The van der Waals surface area contributed by atoms with Crippen molar-refractivity contribution < 1.29 is 22.8 Å². The van der Waals surface area contributed by atoms with Crippen molar-refractivity contribution in [2.45, 2.75) is 63.8 Å². The number of benzene rings is 1. The normalized spacial score (nSPS) is 21.2. The average Bonchev–Trinajstić information content (AvgIpc) is 3.02. The molecule has 0 aromatic heterocycles. The molecule has 180 valence electrons. The Labute approximate surface area is 195 Å². The van der Waals surface area contributed by atoms with E-state index in [1.807, 2.05) is 6.92 Å². The third kappa shape index (κ3) is 6.34. The maximum absolute atomic E-state index is 12.5. The second kappa shape index (κ2) is 10.4. The van der Waals surface area contributed by atoms with Gasteiger partial charge in [-0.2, -0.15) is 0 Å². The third-order valence-electron chi connectivity index (χ3n) is 6.35. The molecule has 33 heavy (non-hydrogen) atoms. The molecule has 5 amide bonds. The number of amides is 5. The van der Waals surface area contributed by atoms with Gasteiger partial charge in [0.1, 0.15) is 0 Å². The van der Waals surface area contributed by atoms with Crippen molar-refractivity contribution in [2.75, 3.05) is 13.1 Å². The van der Waals surface area contributed by atoms with E-state index in [4.69, 9.17) is 0 Å². The molecule has 10 heteroatoms. The van der Waals surface area contributed by atoms with E-state index < -0.39 is 22.1 Å². The summed E-state index contributed by atoms with van der Waals surface area (Å²) in [5.74, 6) is 0.351. The van der Waals surface area contributed by atoms with E-state index in [0.717, 1.165) is 36.8 Å². The molecule has 0 unspecified atom stereocenters. The van der Waals surface area contributed by atoms with Crippen LogP contribution in [-0.2, 0) is 21.2 Å². The second-order valence-corrected chi connectivity index (χ2v) is 10.6. The fraction of sp³-hybridized carbons (Fsp3) is 0.522. The summed E-state index contributed by atoms with van der Waals surface area (Å²) in [6.45, 7) is 6.30. The van der Waals surface area contributed by atoms with Crippen LogP contribution >= 0.6 is 0 Å². The highest BCUT2D eigenvalue weighted by molar-refractivity contribution is 7.90. The van der Waals surface area contributed by atoms with Gasteiger partial charge in [-0.05, 0) is 75.1 Å². The Morgan fingerprint density at radius 2 is 1.70 bits per heavy atom. The molecule has 1 saturated carbocycles. The molecule has 1 heterocycles. The van der Waals surface area contributed by atoms with Gasteiger partial charge in [0.25, 0.3) is 15.9 Å². The predicted octanol–water partition coefficient (Wildman–Crippen LogP) is 2.68. The number of sulfonamides is 1. The number of nitrogens with one attached hydrogen (secondary N) is 3.